The van der Waals surface area contributed by atoms with Gasteiger partial charge >= 0.3 is 0 Å². The monoisotopic (exact) mass is 310 g/mol. The molecule has 2 rings (SSSR count). The maximum atomic E-state index is 12.1. The average molecular weight is 310 g/mol. The van der Waals surface area contributed by atoms with Gasteiger partial charge in [0.1, 0.15) is 0 Å². The molecule has 22 heavy (non-hydrogen) atoms. The van der Waals surface area contributed by atoms with E-state index in [9.17, 15) is 9.59 Å². The van der Waals surface area contributed by atoms with Crippen LogP contribution >= 0.6 is 11.8 Å². The molecule has 3 heteroatoms. The molecular weight excluding hydrogens is 292 g/mol. The Morgan fingerprint density at radius 1 is 0.955 bits per heavy atom. The van der Waals surface area contributed by atoms with E-state index in [2.05, 4.69) is 6.92 Å². The van der Waals surface area contributed by atoms with Gasteiger partial charge in [0.15, 0.2) is 11.6 Å². The molecule has 0 heterocycles. The summed E-state index contributed by atoms with van der Waals surface area (Å²) in [4.78, 5) is 24.5. The SMILES string of the molecule is CCSc1ccc(C(=O)/C=C/c2ccc(C(C)=O)cc2)cc1. The van der Waals surface area contributed by atoms with Crippen LogP contribution in [0.5, 0.6) is 0 Å². The number of Topliss-reactive ketones (excluding diaryl/α,β-unsaturated/α-hetero) is 1. The Morgan fingerprint density at radius 3 is 2.09 bits per heavy atom. The highest BCUT2D eigenvalue weighted by atomic mass is 32.2. The highest BCUT2D eigenvalue weighted by Crippen LogP contribution is 2.18. The Kier molecular flexibility index (Phi) is 5.73. The molecule has 0 atom stereocenters. The van der Waals surface area contributed by atoms with Gasteiger partial charge in [0.2, 0.25) is 0 Å². The van der Waals surface area contributed by atoms with Crippen LogP contribution in [0.25, 0.3) is 6.08 Å². The van der Waals surface area contributed by atoms with Crippen LogP contribution in [0.2, 0.25) is 0 Å². The summed E-state index contributed by atoms with van der Waals surface area (Å²) in [7, 11) is 0. The third-order valence-electron chi connectivity index (χ3n) is 3.19. The molecule has 0 aliphatic heterocycles. The molecule has 0 saturated carbocycles. The molecule has 0 N–H and O–H groups in total. The minimum atomic E-state index is -0.0244. The number of hydrogen-bond acceptors (Lipinski definition) is 3. The van der Waals surface area contributed by atoms with Gasteiger partial charge in [0.05, 0.1) is 0 Å². The van der Waals surface area contributed by atoms with Gasteiger partial charge in [-0.2, -0.15) is 0 Å². The highest BCUT2D eigenvalue weighted by molar-refractivity contribution is 7.99. The molecule has 0 aliphatic carbocycles. The van der Waals surface area contributed by atoms with Gasteiger partial charge < -0.3 is 0 Å². The number of benzene rings is 2. The van der Waals surface area contributed by atoms with Crippen LogP contribution in [-0.4, -0.2) is 17.3 Å². The van der Waals surface area contributed by atoms with Crippen molar-refractivity contribution in [2.45, 2.75) is 18.7 Å². The van der Waals surface area contributed by atoms with Gasteiger partial charge in [-0.3, -0.25) is 9.59 Å². The lowest BCUT2D eigenvalue weighted by molar-refractivity contribution is 0.101. The number of rotatable bonds is 6. The van der Waals surface area contributed by atoms with Gasteiger partial charge in [0.25, 0.3) is 0 Å². The second-order valence-electron chi connectivity index (χ2n) is 4.83. The molecule has 0 aromatic heterocycles. The van der Waals surface area contributed by atoms with Gasteiger partial charge in [-0.15, -0.1) is 11.8 Å². The first-order chi connectivity index (χ1) is 10.6. The zero-order valence-electron chi connectivity index (χ0n) is 12.7. The van der Waals surface area contributed by atoms with Crippen LogP contribution in [0.4, 0.5) is 0 Å². The summed E-state index contributed by atoms with van der Waals surface area (Å²) in [5, 5.41) is 0. The number of thioether (sulfide) groups is 1. The van der Waals surface area contributed by atoms with E-state index in [1.165, 1.54) is 11.8 Å². The van der Waals surface area contributed by atoms with Crippen LogP contribution in [0.1, 0.15) is 40.1 Å². The topological polar surface area (TPSA) is 34.1 Å². The summed E-state index contributed by atoms with van der Waals surface area (Å²) < 4.78 is 0. The average Bonchev–Trinajstić information content (AvgIpc) is 2.54. The lowest BCUT2D eigenvalue weighted by Crippen LogP contribution is -1.94. The number of carbonyl (C=O) groups is 2. The summed E-state index contributed by atoms with van der Waals surface area (Å²) in [6.07, 6.45) is 3.33. The molecule has 0 amide bonds. The van der Waals surface area contributed by atoms with Crippen molar-refractivity contribution >= 4 is 29.4 Å². The van der Waals surface area contributed by atoms with Crippen molar-refractivity contribution in [3.63, 3.8) is 0 Å². The molecule has 0 spiro atoms. The number of carbonyl (C=O) groups excluding carboxylic acids is 2. The third-order valence-corrected chi connectivity index (χ3v) is 4.09. The van der Waals surface area contributed by atoms with Crippen molar-refractivity contribution in [1.82, 2.24) is 0 Å². The minimum absolute atomic E-state index is 0.0244. The molecule has 0 aliphatic rings. The molecule has 0 unspecified atom stereocenters. The van der Waals surface area contributed by atoms with Crippen molar-refractivity contribution in [3.05, 3.63) is 71.3 Å². The van der Waals surface area contributed by atoms with E-state index < -0.39 is 0 Å². The molecule has 2 aromatic carbocycles. The molecule has 2 aromatic rings. The summed E-state index contributed by atoms with van der Waals surface area (Å²) in [5.41, 5.74) is 2.25. The first kappa shape index (κ1) is 16.2. The van der Waals surface area contributed by atoms with E-state index in [1.54, 1.807) is 36.0 Å². The van der Waals surface area contributed by atoms with E-state index in [4.69, 9.17) is 0 Å². The largest absolute Gasteiger partial charge is 0.295 e. The van der Waals surface area contributed by atoms with Gasteiger partial charge in [-0.05, 0) is 48.6 Å². The van der Waals surface area contributed by atoms with Gasteiger partial charge in [-0.1, -0.05) is 37.3 Å². The van der Waals surface area contributed by atoms with Crippen LogP contribution < -0.4 is 0 Å². The lowest BCUT2D eigenvalue weighted by atomic mass is 10.1. The molecule has 0 saturated heterocycles. The fourth-order valence-corrected chi connectivity index (χ4v) is 2.64. The zero-order chi connectivity index (χ0) is 15.9. The van der Waals surface area contributed by atoms with Crippen molar-refractivity contribution in [1.29, 1.82) is 0 Å². The Labute approximate surface area is 135 Å². The van der Waals surface area contributed by atoms with E-state index in [0.717, 1.165) is 11.3 Å². The fourth-order valence-electron chi connectivity index (χ4n) is 1.98. The molecule has 112 valence electrons. The number of allylic oxidation sites excluding steroid dienone is 1. The quantitative estimate of drug-likeness (QED) is 0.432. The summed E-state index contributed by atoms with van der Waals surface area (Å²) in [6.45, 7) is 3.64. The molecule has 2 nitrogen and oxygen atoms in total. The standard InChI is InChI=1S/C19H18O2S/c1-3-22-18-11-9-17(10-12-18)19(21)13-6-15-4-7-16(8-5-15)14(2)20/h4-13H,3H2,1-2H3/b13-6+. The van der Waals surface area contributed by atoms with Crippen LogP contribution in [0.15, 0.2) is 59.5 Å². The Bertz CT molecular complexity index is 682. The molecular formula is C19H18O2S. The summed E-state index contributed by atoms with van der Waals surface area (Å²) >= 11 is 1.75. The van der Waals surface area contributed by atoms with Gasteiger partial charge in [-0.25, -0.2) is 0 Å². The van der Waals surface area contributed by atoms with Crippen LogP contribution in [-0.2, 0) is 0 Å². The molecule has 0 fully saturated rings. The second-order valence-corrected chi connectivity index (χ2v) is 6.17. The highest BCUT2D eigenvalue weighted by Gasteiger charge is 2.02. The third kappa shape index (κ3) is 4.43. The van der Waals surface area contributed by atoms with Crippen LogP contribution in [0, 0.1) is 0 Å². The predicted molar refractivity (Wildman–Crippen MR) is 92.7 cm³/mol. The normalized spacial score (nSPS) is 10.8. The first-order valence-electron chi connectivity index (χ1n) is 7.16. The van der Waals surface area contributed by atoms with Crippen LogP contribution in [0.3, 0.4) is 0 Å². The lowest BCUT2D eigenvalue weighted by Gasteiger charge is -2.00. The number of hydrogen-bond donors (Lipinski definition) is 0. The summed E-state index contributed by atoms with van der Waals surface area (Å²) in [6, 6.07) is 14.8. The van der Waals surface area contributed by atoms with E-state index >= 15 is 0 Å². The smallest absolute Gasteiger partial charge is 0.185 e. The Hall–Kier alpha value is -2.13. The fraction of sp³-hybridized carbons (Fsp3) is 0.158. The first-order valence-corrected chi connectivity index (χ1v) is 8.15. The van der Waals surface area contributed by atoms with E-state index in [1.807, 2.05) is 36.4 Å². The summed E-state index contributed by atoms with van der Waals surface area (Å²) in [5.74, 6) is 1.03. The van der Waals surface area contributed by atoms with Crippen molar-refractivity contribution in [2.24, 2.45) is 0 Å². The molecule has 0 radical (unpaired) electrons. The van der Waals surface area contributed by atoms with E-state index in [-0.39, 0.29) is 11.6 Å². The molecule has 0 bridgehead atoms. The minimum Gasteiger partial charge on any atom is -0.295 e. The Balaban J connectivity index is 2.05. The van der Waals surface area contributed by atoms with E-state index in [0.29, 0.717) is 11.1 Å². The zero-order valence-corrected chi connectivity index (χ0v) is 13.5. The maximum Gasteiger partial charge on any atom is 0.185 e. The second kappa shape index (κ2) is 7.76. The number of ketones is 2. The van der Waals surface area contributed by atoms with Crippen molar-refractivity contribution in [3.8, 4) is 0 Å². The van der Waals surface area contributed by atoms with Crippen molar-refractivity contribution < 1.29 is 9.59 Å². The maximum absolute atomic E-state index is 12.1. The van der Waals surface area contributed by atoms with Crippen molar-refractivity contribution in [2.75, 3.05) is 5.75 Å². The van der Waals surface area contributed by atoms with Gasteiger partial charge in [0, 0.05) is 16.0 Å². The Morgan fingerprint density at radius 2 is 1.55 bits per heavy atom. The predicted octanol–water partition coefficient (Wildman–Crippen LogP) is 4.90.